The number of nitrogens with one attached hydrogen (secondary N) is 3. The van der Waals surface area contributed by atoms with E-state index in [-0.39, 0.29) is 47.1 Å². The third-order valence-corrected chi connectivity index (χ3v) is 14.7. The Labute approximate surface area is 560 Å². The molecule has 0 saturated carbocycles. The average molecular weight is 1390 g/mol. The van der Waals surface area contributed by atoms with Crippen LogP contribution in [0, 0.1) is 0 Å². The zero-order chi connectivity index (χ0) is 71.3. The van der Waals surface area contributed by atoms with Crippen molar-refractivity contribution in [1.82, 2.24) is 76.6 Å². The first kappa shape index (κ1) is 71.7. The van der Waals surface area contributed by atoms with Crippen molar-refractivity contribution in [3.8, 4) is 34.5 Å². The average Bonchev–Trinajstić information content (AvgIpc) is 1.73. The number of ether oxygens (including phenoxy) is 3. The molecular formula is C67H57F10N15O6S. The maximum atomic E-state index is 12.8. The molecule has 0 saturated heterocycles. The number of carbonyl (C=O) groups excluding carboxylic acids is 3. The summed E-state index contributed by atoms with van der Waals surface area (Å²) in [6.07, 6.45) is -11.8. The molecule has 0 radical (unpaired) electrons. The molecule has 9 aromatic carbocycles. The Hall–Kier alpha value is -11.6. The van der Waals surface area contributed by atoms with Crippen LogP contribution in [0.3, 0.4) is 0 Å². The van der Waals surface area contributed by atoms with Crippen LogP contribution in [0.25, 0.3) is 32.3 Å². The van der Waals surface area contributed by atoms with Gasteiger partial charge < -0.3 is 30.2 Å². The van der Waals surface area contributed by atoms with Gasteiger partial charge >= 0.3 is 18.5 Å². The van der Waals surface area contributed by atoms with Crippen LogP contribution in [0.4, 0.5) is 43.4 Å². The Morgan fingerprint density at radius 1 is 0.394 bits per heavy atom. The van der Waals surface area contributed by atoms with Gasteiger partial charge in [0.15, 0.2) is 17.5 Å². The molecule has 12 rings (SSSR count). The van der Waals surface area contributed by atoms with E-state index in [1.54, 1.807) is 133 Å². The number of fused-ring (bicyclic) bond motifs is 3. The van der Waals surface area contributed by atoms with Gasteiger partial charge in [0.05, 0.1) is 34.8 Å². The van der Waals surface area contributed by atoms with Crippen molar-refractivity contribution in [2.24, 2.45) is 21.1 Å². The lowest BCUT2D eigenvalue weighted by molar-refractivity contribution is -0.138. The number of tetrazole rings is 3. The molecule has 99 heavy (non-hydrogen) atoms. The lowest BCUT2D eigenvalue weighted by Gasteiger charge is -2.14. The van der Waals surface area contributed by atoms with E-state index in [0.29, 0.717) is 51.4 Å². The standard InChI is InChI=1S/3C22H18F3N5O2.CH3FS/c3*1-13(20-27-28-29-30(20)2)26-21(31)15-6-11-18-14(12-15)4-3-5-19(18)32-17-9-7-16(8-10-17)22(23,24)25;1-3-2/h3*3-13H,1-2H3,(H,26,31);1H3/t2*13-;;/m10../s1. The van der Waals surface area contributed by atoms with Gasteiger partial charge in [-0.25, -0.2) is 14.0 Å². The molecule has 0 aliphatic rings. The first-order valence-corrected chi connectivity index (χ1v) is 30.6. The summed E-state index contributed by atoms with van der Waals surface area (Å²) in [7, 11) is 5.06. The first-order valence-electron chi connectivity index (χ1n) is 29.5. The fourth-order valence-electron chi connectivity index (χ4n) is 9.81. The van der Waals surface area contributed by atoms with Crippen molar-refractivity contribution in [2.75, 3.05) is 6.26 Å². The molecule has 3 N–H and O–H groups in total. The summed E-state index contributed by atoms with van der Waals surface area (Å²) < 4.78 is 147. The molecule has 0 aliphatic carbocycles. The molecule has 21 nitrogen and oxygen atoms in total. The monoisotopic (exact) mass is 1390 g/mol. The van der Waals surface area contributed by atoms with Gasteiger partial charge in [0, 0.05) is 72.4 Å². The molecule has 3 amide bonds. The van der Waals surface area contributed by atoms with Crippen molar-refractivity contribution >= 4 is 62.2 Å². The van der Waals surface area contributed by atoms with Gasteiger partial charge in [-0.15, -0.1) is 15.3 Å². The van der Waals surface area contributed by atoms with Crippen molar-refractivity contribution in [3.05, 3.63) is 233 Å². The summed E-state index contributed by atoms with van der Waals surface area (Å²) in [5.41, 5.74) is -0.928. The van der Waals surface area contributed by atoms with Crippen LogP contribution in [0.5, 0.6) is 34.5 Å². The second-order valence-corrected chi connectivity index (χ2v) is 22.0. The molecule has 0 fully saturated rings. The number of benzene rings is 9. The van der Waals surface area contributed by atoms with E-state index >= 15 is 0 Å². The summed E-state index contributed by atoms with van der Waals surface area (Å²) >= 11 is 0.250. The number of rotatable bonds is 15. The van der Waals surface area contributed by atoms with Crippen LogP contribution < -0.4 is 30.2 Å². The van der Waals surface area contributed by atoms with Crippen molar-refractivity contribution in [3.63, 3.8) is 0 Å². The summed E-state index contributed by atoms with van der Waals surface area (Å²) in [6.45, 7) is 5.34. The van der Waals surface area contributed by atoms with E-state index in [1.807, 2.05) is 18.2 Å². The quantitative estimate of drug-likeness (QED) is 0.0808. The van der Waals surface area contributed by atoms with Gasteiger partial charge in [-0.05, 0) is 214 Å². The molecule has 0 aliphatic heterocycles. The predicted octanol–water partition coefficient (Wildman–Crippen LogP) is 15.2. The second kappa shape index (κ2) is 31.1. The minimum atomic E-state index is -4.41. The number of aromatic nitrogens is 12. The molecule has 3 aromatic heterocycles. The molecule has 1 unspecified atom stereocenters. The van der Waals surface area contributed by atoms with Crippen LogP contribution in [-0.2, 0) is 39.7 Å². The number of alkyl halides is 9. The normalized spacial score (nSPS) is 12.3. The molecule has 0 spiro atoms. The number of hydrogen-bond donors (Lipinski definition) is 3. The van der Waals surface area contributed by atoms with Crippen LogP contribution in [0.15, 0.2) is 182 Å². The van der Waals surface area contributed by atoms with Gasteiger partial charge in [0.25, 0.3) is 17.7 Å². The molecule has 0 bridgehead atoms. The van der Waals surface area contributed by atoms with E-state index in [0.717, 1.165) is 68.7 Å². The molecule has 12 aromatic rings. The predicted molar refractivity (Wildman–Crippen MR) is 345 cm³/mol. The maximum Gasteiger partial charge on any atom is 0.416 e. The number of halogens is 10. The minimum Gasteiger partial charge on any atom is -0.457 e. The second-order valence-electron chi connectivity index (χ2n) is 21.7. The van der Waals surface area contributed by atoms with Crippen molar-refractivity contribution < 1.29 is 72.0 Å². The lowest BCUT2D eigenvalue weighted by Crippen LogP contribution is -2.28. The summed E-state index contributed by atoms with van der Waals surface area (Å²) in [4.78, 5) is 38.0. The van der Waals surface area contributed by atoms with Crippen LogP contribution >= 0.6 is 12.1 Å². The summed E-state index contributed by atoms with van der Waals surface area (Å²) in [5.74, 6) is 2.90. The summed E-state index contributed by atoms with van der Waals surface area (Å²) in [6, 6.07) is 43.4. The van der Waals surface area contributed by atoms with E-state index in [4.69, 9.17) is 14.2 Å². The zero-order valence-electron chi connectivity index (χ0n) is 53.1. The minimum absolute atomic E-state index is 0.250. The number of carbonyl (C=O) groups is 3. The first-order chi connectivity index (χ1) is 47.1. The van der Waals surface area contributed by atoms with E-state index in [9.17, 15) is 57.8 Å². The van der Waals surface area contributed by atoms with Crippen LogP contribution in [0.1, 0.15) is 104 Å². The Morgan fingerprint density at radius 2 is 0.636 bits per heavy atom. The van der Waals surface area contributed by atoms with E-state index in [2.05, 4.69) is 62.5 Å². The Morgan fingerprint density at radius 3 is 0.848 bits per heavy atom. The summed E-state index contributed by atoms with van der Waals surface area (Å²) in [5, 5.41) is 46.6. The highest BCUT2D eigenvalue weighted by atomic mass is 32.2. The topological polar surface area (TPSA) is 246 Å². The van der Waals surface area contributed by atoms with Gasteiger partial charge in [-0.1, -0.05) is 36.4 Å². The Kier molecular flexibility index (Phi) is 22.5. The Balaban J connectivity index is 0.000000170. The third-order valence-electron chi connectivity index (χ3n) is 14.7. The highest BCUT2D eigenvalue weighted by Crippen LogP contribution is 2.38. The third kappa shape index (κ3) is 18.3. The largest absolute Gasteiger partial charge is 0.457 e. The molecule has 32 heteroatoms. The van der Waals surface area contributed by atoms with Gasteiger partial charge in [0.1, 0.15) is 34.5 Å². The van der Waals surface area contributed by atoms with Crippen molar-refractivity contribution in [2.45, 2.75) is 57.4 Å². The van der Waals surface area contributed by atoms with Crippen molar-refractivity contribution in [1.29, 1.82) is 0 Å². The smallest absolute Gasteiger partial charge is 0.416 e. The number of nitrogens with zero attached hydrogens (tertiary/aromatic N) is 12. The molecule has 3 heterocycles. The molecule has 3 atom stereocenters. The van der Waals surface area contributed by atoms with E-state index < -0.39 is 53.3 Å². The number of aryl methyl sites for hydroxylation is 3. The highest BCUT2D eigenvalue weighted by molar-refractivity contribution is 7.93. The lowest BCUT2D eigenvalue weighted by atomic mass is 10.1. The number of amides is 3. The zero-order valence-corrected chi connectivity index (χ0v) is 53.9. The highest BCUT2D eigenvalue weighted by Gasteiger charge is 2.32. The van der Waals surface area contributed by atoms with Gasteiger partial charge in [-0.3, -0.25) is 14.4 Å². The van der Waals surface area contributed by atoms with E-state index in [1.165, 1.54) is 56.7 Å². The fraction of sp³-hybridized carbons (Fsp3) is 0.194. The molecule has 512 valence electrons. The maximum absolute atomic E-state index is 12.8. The Bertz CT molecular complexity index is 4310. The van der Waals surface area contributed by atoms with Gasteiger partial charge in [-0.2, -0.15) is 43.4 Å². The fourth-order valence-corrected chi connectivity index (χ4v) is 9.81. The number of hydrogen-bond acceptors (Lipinski definition) is 16. The van der Waals surface area contributed by atoms with Gasteiger partial charge in [0.2, 0.25) is 0 Å². The van der Waals surface area contributed by atoms with Crippen LogP contribution in [0.2, 0.25) is 0 Å². The van der Waals surface area contributed by atoms with Crippen LogP contribution in [-0.4, -0.2) is 84.6 Å². The SMILES string of the molecule is CC(NC(=O)c1ccc2c(Oc3ccc(C(F)(F)F)cc3)cccc2c1)c1nnnn1C.CSF.C[C@@H](NC(=O)c1ccc2c(Oc3ccc(C(F)(F)F)cc3)cccc2c1)c1nnnn1C.C[C@H](NC(=O)c1ccc2c(Oc3ccc(C(F)(F)F)cc3)cccc2c1)c1nnnn1C. The molecular weight excluding hydrogens is 1330 g/mol.